The van der Waals surface area contributed by atoms with Gasteiger partial charge in [-0.1, -0.05) is 6.07 Å². The average Bonchev–Trinajstić information content (AvgIpc) is 3.35. The average molecular weight is 455 g/mol. The molecule has 0 spiro atoms. The van der Waals surface area contributed by atoms with Gasteiger partial charge in [0.15, 0.2) is 0 Å². The van der Waals surface area contributed by atoms with Crippen molar-refractivity contribution in [3.05, 3.63) is 87.6 Å². The quantitative estimate of drug-likeness (QED) is 0.316. The summed E-state index contributed by atoms with van der Waals surface area (Å²) in [5.74, 6) is -3.55. The van der Waals surface area contributed by atoms with Gasteiger partial charge >= 0.3 is 0 Å². The lowest BCUT2D eigenvalue weighted by atomic mass is 9.99. The molecule has 5 nitrogen and oxygen atoms in total. The molecule has 1 unspecified atom stereocenters. The number of carbonyl (C=O) groups excluding carboxylic acids is 2. The Hall–Kier alpha value is -3.52. The van der Waals surface area contributed by atoms with E-state index < -0.39 is 29.4 Å². The smallest absolute Gasteiger partial charge is 0.300 e. The van der Waals surface area contributed by atoms with Gasteiger partial charge < -0.3 is 9.84 Å². The highest BCUT2D eigenvalue weighted by Crippen LogP contribution is 2.44. The van der Waals surface area contributed by atoms with E-state index in [1.807, 2.05) is 13.8 Å². The van der Waals surface area contributed by atoms with Crippen LogP contribution in [0.2, 0.25) is 0 Å². The van der Waals surface area contributed by atoms with Crippen LogP contribution in [0.4, 0.5) is 14.5 Å². The molecule has 4 rings (SSSR count). The zero-order valence-electron chi connectivity index (χ0n) is 17.2. The molecule has 0 radical (unpaired) electrons. The predicted octanol–water partition coefficient (Wildman–Crippen LogP) is 5.44. The first kappa shape index (κ1) is 21.7. The van der Waals surface area contributed by atoms with Gasteiger partial charge in [0, 0.05) is 16.5 Å². The predicted molar refractivity (Wildman–Crippen MR) is 118 cm³/mol. The largest absolute Gasteiger partial charge is 0.507 e. The molecule has 0 saturated carbocycles. The second-order valence-corrected chi connectivity index (χ2v) is 8.45. The van der Waals surface area contributed by atoms with Gasteiger partial charge in [-0.05, 0) is 61.7 Å². The van der Waals surface area contributed by atoms with Gasteiger partial charge in [0.25, 0.3) is 11.7 Å². The molecule has 1 aliphatic rings. The maximum atomic E-state index is 14.6. The summed E-state index contributed by atoms with van der Waals surface area (Å²) in [6, 6.07) is 11.5. The topological polar surface area (TPSA) is 66.8 Å². The number of benzene rings is 2. The summed E-state index contributed by atoms with van der Waals surface area (Å²) in [5, 5.41) is 12.8. The number of hydrogen-bond acceptors (Lipinski definition) is 5. The minimum Gasteiger partial charge on any atom is -0.507 e. The molecule has 1 aliphatic heterocycles. The first-order valence-electron chi connectivity index (χ1n) is 9.84. The van der Waals surface area contributed by atoms with E-state index in [4.69, 9.17) is 4.74 Å². The summed E-state index contributed by atoms with van der Waals surface area (Å²) in [4.78, 5) is 27.4. The second kappa shape index (κ2) is 8.55. The maximum Gasteiger partial charge on any atom is 0.300 e. The lowest BCUT2D eigenvalue weighted by Gasteiger charge is -2.24. The molecule has 1 aromatic heterocycles. The number of aliphatic hydroxyl groups excluding tert-OH is 1. The Balaban J connectivity index is 1.85. The Kier molecular flexibility index (Phi) is 5.80. The molecular formula is C24H19F2NO4S. The first-order valence-corrected chi connectivity index (χ1v) is 10.7. The van der Waals surface area contributed by atoms with Crippen molar-refractivity contribution in [1.82, 2.24) is 0 Å². The molecule has 8 heteroatoms. The molecule has 2 heterocycles. The van der Waals surface area contributed by atoms with Crippen molar-refractivity contribution in [3.63, 3.8) is 0 Å². The summed E-state index contributed by atoms with van der Waals surface area (Å²) in [7, 11) is 0. The van der Waals surface area contributed by atoms with Gasteiger partial charge in [-0.25, -0.2) is 8.78 Å². The molecule has 1 amide bonds. The number of hydrogen-bond donors (Lipinski definition) is 1. The third-order valence-electron chi connectivity index (χ3n) is 4.93. The van der Waals surface area contributed by atoms with E-state index in [9.17, 15) is 23.5 Å². The number of anilines is 1. The van der Waals surface area contributed by atoms with Gasteiger partial charge in [-0.3, -0.25) is 14.5 Å². The zero-order chi connectivity index (χ0) is 23.0. The van der Waals surface area contributed by atoms with E-state index in [2.05, 4.69) is 0 Å². The number of ether oxygens (including phenoxy) is 1. The highest BCUT2D eigenvalue weighted by molar-refractivity contribution is 7.10. The van der Waals surface area contributed by atoms with E-state index in [1.165, 1.54) is 11.3 Å². The van der Waals surface area contributed by atoms with E-state index in [1.54, 1.807) is 41.8 Å². The van der Waals surface area contributed by atoms with E-state index in [-0.39, 0.29) is 23.1 Å². The Morgan fingerprint density at radius 2 is 1.81 bits per heavy atom. The molecule has 0 bridgehead atoms. The third kappa shape index (κ3) is 3.89. The Morgan fingerprint density at radius 3 is 2.41 bits per heavy atom. The second-order valence-electron chi connectivity index (χ2n) is 7.47. The summed E-state index contributed by atoms with van der Waals surface area (Å²) >= 11 is 1.25. The molecule has 0 aliphatic carbocycles. The van der Waals surface area contributed by atoms with Crippen LogP contribution in [0.15, 0.2) is 65.6 Å². The van der Waals surface area contributed by atoms with Crippen molar-refractivity contribution in [3.8, 4) is 5.75 Å². The number of Topliss-reactive ketones (excluding diaryl/α,β-unsaturated/α-hetero) is 1. The van der Waals surface area contributed by atoms with E-state index in [0.29, 0.717) is 22.3 Å². The summed E-state index contributed by atoms with van der Waals surface area (Å²) in [5.41, 5.74) is -0.106. The summed E-state index contributed by atoms with van der Waals surface area (Å²) in [6.07, 6.45) is -0.0378. The number of thiophene rings is 1. The fraction of sp³-hybridized carbons (Fsp3) is 0.167. The number of ketones is 1. The minimum absolute atomic E-state index is 0.0378. The van der Waals surface area contributed by atoms with Crippen LogP contribution in [0.5, 0.6) is 5.75 Å². The number of amides is 1. The zero-order valence-corrected chi connectivity index (χ0v) is 18.0. The highest BCUT2D eigenvalue weighted by atomic mass is 32.1. The number of rotatable bonds is 5. The monoisotopic (exact) mass is 455 g/mol. The van der Waals surface area contributed by atoms with Crippen LogP contribution in [0.1, 0.15) is 30.3 Å². The standard InChI is InChI=1S/C24H19F2NO4S/c1-13(2)31-16-8-5-14(6-9-16)22(28)20-21(19-4-3-11-32-19)27(24(30)23(20)29)18-10-7-15(25)12-17(18)26/h3-13,21,28H,1-2H3/b22-20-. The van der Waals surface area contributed by atoms with Crippen LogP contribution in [-0.4, -0.2) is 22.9 Å². The van der Waals surface area contributed by atoms with Crippen LogP contribution in [-0.2, 0) is 9.59 Å². The number of nitrogens with zero attached hydrogens (tertiary/aromatic N) is 1. The fourth-order valence-corrected chi connectivity index (χ4v) is 4.42. The molecule has 1 saturated heterocycles. The van der Waals surface area contributed by atoms with Crippen molar-refractivity contribution in [2.45, 2.75) is 26.0 Å². The summed E-state index contributed by atoms with van der Waals surface area (Å²) < 4.78 is 33.6. The van der Waals surface area contributed by atoms with Crippen molar-refractivity contribution < 1.29 is 28.2 Å². The van der Waals surface area contributed by atoms with Crippen LogP contribution in [0.25, 0.3) is 5.76 Å². The molecular weight excluding hydrogens is 436 g/mol. The molecule has 3 aromatic rings. The normalized spacial score (nSPS) is 17.9. The van der Waals surface area contributed by atoms with Crippen molar-refractivity contribution in [1.29, 1.82) is 0 Å². The minimum atomic E-state index is -1.05. The molecule has 1 atom stereocenters. The van der Waals surface area contributed by atoms with Gasteiger partial charge in [0.2, 0.25) is 0 Å². The number of halogens is 2. The van der Waals surface area contributed by atoms with Gasteiger partial charge in [0.1, 0.15) is 29.2 Å². The fourth-order valence-electron chi connectivity index (χ4n) is 3.59. The van der Waals surface area contributed by atoms with Gasteiger partial charge in [-0.15, -0.1) is 11.3 Å². The lowest BCUT2D eigenvalue weighted by Crippen LogP contribution is -2.30. The molecule has 2 aromatic carbocycles. The highest BCUT2D eigenvalue weighted by Gasteiger charge is 2.48. The summed E-state index contributed by atoms with van der Waals surface area (Å²) in [6.45, 7) is 3.76. The Bertz CT molecular complexity index is 1200. The first-order chi connectivity index (χ1) is 15.3. The Labute approximate surface area is 187 Å². The number of carbonyl (C=O) groups is 2. The van der Waals surface area contributed by atoms with Gasteiger partial charge in [-0.2, -0.15) is 0 Å². The van der Waals surface area contributed by atoms with Crippen molar-refractivity contribution in [2.24, 2.45) is 0 Å². The SMILES string of the molecule is CC(C)Oc1ccc(/C(O)=C2/C(=O)C(=O)N(c3ccc(F)cc3F)C2c2cccs2)cc1. The van der Waals surface area contributed by atoms with Crippen LogP contribution in [0, 0.1) is 11.6 Å². The van der Waals surface area contributed by atoms with Crippen molar-refractivity contribution in [2.75, 3.05) is 4.90 Å². The van der Waals surface area contributed by atoms with Crippen LogP contribution < -0.4 is 9.64 Å². The number of aliphatic hydroxyl groups is 1. The lowest BCUT2D eigenvalue weighted by molar-refractivity contribution is -0.132. The molecule has 164 valence electrons. The van der Waals surface area contributed by atoms with Crippen LogP contribution in [0.3, 0.4) is 0 Å². The molecule has 1 N–H and O–H groups in total. The van der Waals surface area contributed by atoms with Gasteiger partial charge in [0.05, 0.1) is 17.4 Å². The van der Waals surface area contributed by atoms with E-state index >= 15 is 0 Å². The van der Waals surface area contributed by atoms with Crippen molar-refractivity contribution >= 4 is 34.5 Å². The van der Waals surface area contributed by atoms with Crippen LogP contribution >= 0.6 is 11.3 Å². The maximum absolute atomic E-state index is 14.6. The molecule has 32 heavy (non-hydrogen) atoms. The Morgan fingerprint density at radius 1 is 1.09 bits per heavy atom. The molecule has 1 fully saturated rings. The third-order valence-corrected chi connectivity index (χ3v) is 5.85. The van der Waals surface area contributed by atoms with E-state index in [0.717, 1.165) is 17.0 Å².